The van der Waals surface area contributed by atoms with Gasteiger partial charge in [-0.2, -0.15) is 30.3 Å². The number of Topliss-reactive ketones (excluding diaryl/α,β-unsaturated/α-hetero) is 1. The Morgan fingerprint density at radius 1 is 1.25 bits per heavy atom. The molecular weight excluding hydrogens is 322 g/mol. The van der Waals surface area contributed by atoms with Crippen molar-refractivity contribution in [2.24, 2.45) is 0 Å². The van der Waals surface area contributed by atoms with Gasteiger partial charge in [0.15, 0.2) is 0 Å². The van der Waals surface area contributed by atoms with E-state index in [0.717, 1.165) is 5.56 Å². The Kier molecular flexibility index (Phi) is 10.2. The molecule has 0 unspecified atom stereocenters. The third-order valence-electron chi connectivity index (χ3n) is 1.12. The Labute approximate surface area is 87.8 Å². The Bertz CT molecular complexity index is 206. The van der Waals surface area contributed by atoms with E-state index >= 15 is 0 Å². The van der Waals surface area contributed by atoms with Crippen molar-refractivity contribution in [3.63, 3.8) is 0 Å². The number of hydrogen-bond donors (Lipinski definition) is 0. The second-order valence-corrected chi connectivity index (χ2v) is 1.84. The Balaban J connectivity index is 0. The molecule has 0 aliphatic carbocycles. The summed E-state index contributed by atoms with van der Waals surface area (Å²) in [4.78, 5) is 10.6. The number of carbonyl (C=O) groups is 1. The Hall–Kier alpha value is -0.448. The van der Waals surface area contributed by atoms with Crippen molar-refractivity contribution in [2.75, 3.05) is 0 Å². The summed E-state index contributed by atoms with van der Waals surface area (Å²) in [5.74, 6) is 0.101. The van der Waals surface area contributed by atoms with Crippen molar-refractivity contribution in [1.82, 2.24) is 0 Å². The molecule has 1 aromatic rings. The third-order valence-corrected chi connectivity index (χ3v) is 1.12. The van der Waals surface area contributed by atoms with Crippen LogP contribution in [0.3, 0.4) is 0 Å². The molecule has 1 rings (SSSR count). The molecule has 0 spiro atoms. The first-order valence-electron chi connectivity index (χ1n) is 3.78. The fourth-order valence-corrected chi connectivity index (χ4v) is 0.622. The van der Waals surface area contributed by atoms with Gasteiger partial charge in [0, 0.05) is 20.4 Å². The van der Waals surface area contributed by atoms with Crippen LogP contribution in [0.4, 0.5) is 0 Å². The predicted octanol–water partition coefficient (Wildman–Crippen LogP) is 2.71. The smallest absolute Gasteiger partial charge is 0.135 e. The number of ketones is 1. The van der Waals surface area contributed by atoms with Gasteiger partial charge in [-0.25, -0.2) is 0 Å². The normalized spacial score (nSPS) is 7.25. The summed E-state index contributed by atoms with van der Waals surface area (Å²) in [6, 6.07) is 9.81. The SMILES string of the molecule is CC.CC(=O)c1cc[c-]cc1.[Re]. The van der Waals surface area contributed by atoms with Crippen molar-refractivity contribution < 1.29 is 25.2 Å². The Morgan fingerprint density at radius 2 is 1.67 bits per heavy atom. The van der Waals surface area contributed by atoms with E-state index in [4.69, 9.17) is 0 Å². The molecule has 0 saturated carbocycles. The largest absolute Gasteiger partial charge is 0.297 e. The molecule has 0 saturated heterocycles. The van der Waals surface area contributed by atoms with Crippen LogP contribution in [0.5, 0.6) is 0 Å². The van der Waals surface area contributed by atoms with Crippen molar-refractivity contribution >= 4 is 5.78 Å². The minimum absolute atomic E-state index is 0. The second-order valence-electron chi connectivity index (χ2n) is 1.84. The van der Waals surface area contributed by atoms with E-state index in [1.165, 1.54) is 0 Å². The molecule has 2 heteroatoms. The number of carbonyl (C=O) groups excluding carboxylic acids is 1. The standard InChI is InChI=1S/C8H7O.C2H6.Re/c1-7(9)8-5-3-2-4-6-8;1-2;/h3-6H,1H3;1-2H3;/q-1;;. The quantitative estimate of drug-likeness (QED) is 0.570. The molecule has 1 radical (unpaired) electrons. The molecule has 0 bridgehead atoms. The third kappa shape index (κ3) is 5.24. The van der Waals surface area contributed by atoms with Crippen molar-refractivity contribution in [3.05, 3.63) is 35.9 Å². The summed E-state index contributed by atoms with van der Waals surface area (Å²) in [6.07, 6.45) is 0. The van der Waals surface area contributed by atoms with E-state index in [1.807, 2.05) is 13.8 Å². The monoisotopic (exact) mass is 336 g/mol. The van der Waals surface area contributed by atoms with E-state index in [2.05, 4.69) is 6.07 Å². The van der Waals surface area contributed by atoms with Gasteiger partial charge in [-0.15, -0.1) is 0 Å². The maximum absolute atomic E-state index is 10.6. The molecule has 0 aliphatic heterocycles. The van der Waals surface area contributed by atoms with Gasteiger partial charge in [0.05, 0.1) is 0 Å². The fraction of sp³-hybridized carbons (Fsp3) is 0.300. The van der Waals surface area contributed by atoms with E-state index in [0.29, 0.717) is 0 Å². The zero-order valence-corrected chi connectivity index (χ0v) is 10.3. The van der Waals surface area contributed by atoms with Gasteiger partial charge in [-0.1, -0.05) is 19.4 Å². The first-order chi connectivity index (χ1) is 5.30. The number of benzene rings is 1. The molecule has 67 valence electrons. The summed E-state index contributed by atoms with van der Waals surface area (Å²) in [7, 11) is 0. The summed E-state index contributed by atoms with van der Waals surface area (Å²) in [5.41, 5.74) is 0.744. The molecule has 0 amide bonds. The molecule has 0 fully saturated rings. The first kappa shape index (κ1) is 14.1. The van der Waals surface area contributed by atoms with Gasteiger partial charge in [0.25, 0.3) is 0 Å². The minimum atomic E-state index is 0. The van der Waals surface area contributed by atoms with E-state index in [1.54, 1.807) is 31.2 Å². The average molecular weight is 335 g/mol. The number of rotatable bonds is 1. The summed E-state index contributed by atoms with van der Waals surface area (Å²) in [6.45, 7) is 5.55. The zero-order valence-electron chi connectivity index (χ0n) is 7.60. The zero-order chi connectivity index (χ0) is 8.69. The molecule has 1 nitrogen and oxygen atoms in total. The van der Waals surface area contributed by atoms with Crippen molar-refractivity contribution in [1.29, 1.82) is 0 Å². The van der Waals surface area contributed by atoms with Crippen LogP contribution in [0.25, 0.3) is 0 Å². The van der Waals surface area contributed by atoms with Crippen LogP contribution in [-0.4, -0.2) is 5.78 Å². The second kappa shape index (κ2) is 8.65. The van der Waals surface area contributed by atoms with Crippen LogP contribution in [0.15, 0.2) is 24.3 Å². The van der Waals surface area contributed by atoms with E-state index in [-0.39, 0.29) is 26.2 Å². The maximum atomic E-state index is 10.6. The van der Waals surface area contributed by atoms with Crippen LogP contribution in [-0.2, 0) is 20.4 Å². The van der Waals surface area contributed by atoms with Gasteiger partial charge >= 0.3 is 0 Å². The van der Waals surface area contributed by atoms with Gasteiger partial charge in [-0.05, 0) is 6.92 Å². The van der Waals surface area contributed by atoms with Crippen LogP contribution >= 0.6 is 0 Å². The predicted molar refractivity (Wildman–Crippen MR) is 46.6 cm³/mol. The van der Waals surface area contributed by atoms with E-state index < -0.39 is 0 Å². The molecule has 1 aromatic carbocycles. The molecule has 0 aliphatic rings. The summed E-state index contributed by atoms with van der Waals surface area (Å²) >= 11 is 0. The molecule has 0 heterocycles. The minimum Gasteiger partial charge on any atom is -0.297 e. The van der Waals surface area contributed by atoms with Gasteiger partial charge < -0.3 is 0 Å². The van der Waals surface area contributed by atoms with Crippen LogP contribution in [0.2, 0.25) is 0 Å². The maximum Gasteiger partial charge on any atom is 0.135 e. The first-order valence-corrected chi connectivity index (χ1v) is 3.78. The van der Waals surface area contributed by atoms with Crippen LogP contribution in [0.1, 0.15) is 31.1 Å². The van der Waals surface area contributed by atoms with Gasteiger partial charge in [-0.3, -0.25) is 4.79 Å². The molecular formula is C10H13ORe-. The molecule has 0 aromatic heterocycles. The van der Waals surface area contributed by atoms with E-state index in [9.17, 15) is 4.79 Å². The number of hydrogen-bond acceptors (Lipinski definition) is 1. The Morgan fingerprint density at radius 3 is 1.92 bits per heavy atom. The average Bonchev–Trinajstić information content (AvgIpc) is 2.10. The van der Waals surface area contributed by atoms with Crippen molar-refractivity contribution in [2.45, 2.75) is 20.8 Å². The topological polar surface area (TPSA) is 17.1 Å². The summed E-state index contributed by atoms with van der Waals surface area (Å²) in [5, 5.41) is 0. The van der Waals surface area contributed by atoms with Gasteiger partial charge in [0.2, 0.25) is 0 Å². The molecule has 12 heavy (non-hydrogen) atoms. The molecule has 0 N–H and O–H groups in total. The fourth-order valence-electron chi connectivity index (χ4n) is 0.622. The van der Waals surface area contributed by atoms with Gasteiger partial charge in [0.1, 0.15) is 5.78 Å². The van der Waals surface area contributed by atoms with Crippen molar-refractivity contribution in [3.8, 4) is 0 Å². The summed E-state index contributed by atoms with van der Waals surface area (Å²) < 4.78 is 0. The van der Waals surface area contributed by atoms with Crippen LogP contribution < -0.4 is 0 Å². The van der Waals surface area contributed by atoms with Crippen LogP contribution in [0, 0.1) is 6.07 Å². The molecule has 0 atom stereocenters.